The molecule has 6 heteroatoms. The molecule has 1 aliphatic rings. The number of nitrogens with zero attached hydrogens (tertiary/aromatic N) is 2. The van der Waals surface area contributed by atoms with Crippen LogP contribution in [-0.2, 0) is 24.2 Å². The average Bonchev–Trinajstić information content (AvgIpc) is 2.97. The zero-order valence-corrected chi connectivity index (χ0v) is 16.9. The highest BCUT2D eigenvalue weighted by Gasteiger charge is 2.24. The third-order valence-corrected chi connectivity index (χ3v) is 6.05. The molecule has 3 rings (SSSR count). The monoisotopic (exact) mass is 383 g/mol. The fourth-order valence-electron chi connectivity index (χ4n) is 3.51. The third kappa shape index (κ3) is 4.68. The Morgan fingerprint density at radius 1 is 1.48 bits per heavy atom. The Labute approximate surface area is 164 Å². The fraction of sp³-hybridized carbons (Fsp3) is 0.429. The second-order valence-corrected chi connectivity index (χ2v) is 8.34. The summed E-state index contributed by atoms with van der Waals surface area (Å²) in [5, 5.41) is 13.2. The van der Waals surface area contributed by atoms with Crippen molar-refractivity contribution in [1.29, 1.82) is 5.26 Å². The number of anilines is 1. The number of rotatable bonds is 6. The summed E-state index contributed by atoms with van der Waals surface area (Å²) in [6, 6.07) is 10.1. The Morgan fingerprint density at radius 2 is 2.30 bits per heavy atom. The molecule has 0 radical (unpaired) electrons. The lowest BCUT2D eigenvalue weighted by molar-refractivity contribution is -0.117. The van der Waals surface area contributed by atoms with E-state index in [-0.39, 0.29) is 12.5 Å². The highest BCUT2D eigenvalue weighted by molar-refractivity contribution is 7.16. The summed E-state index contributed by atoms with van der Waals surface area (Å²) in [4.78, 5) is 15.7. The van der Waals surface area contributed by atoms with Gasteiger partial charge in [-0.2, -0.15) is 5.26 Å². The molecule has 142 valence electrons. The Hall–Kier alpha value is -2.36. The second-order valence-electron chi connectivity index (χ2n) is 7.24. The number of carbonyl (C=O) groups excluding carboxylic acids is 1. The molecule has 0 fully saturated rings. The number of hydrogen-bond donors (Lipinski definition) is 1. The first kappa shape index (κ1) is 19.4. The average molecular weight is 384 g/mol. The van der Waals surface area contributed by atoms with Crippen LogP contribution in [0, 0.1) is 17.2 Å². The largest absolute Gasteiger partial charge is 0.497 e. The Morgan fingerprint density at radius 3 is 3.04 bits per heavy atom. The van der Waals surface area contributed by atoms with E-state index in [0.717, 1.165) is 36.1 Å². The van der Waals surface area contributed by atoms with Gasteiger partial charge in [-0.05, 0) is 55.5 Å². The lowest BCUT2D eigenvalue weighted by Crippen LogP contribution is -2.29. The summed E-state index contributed by atoms with van der Waals surface area (Å²) in [6.07, 6.45) is 3.04. The maximum absolute atomic E-state index is 12.5. The van der Waals surface area contributed by atoms with Gasteiger partial charge >= 0.3 is 0 Å². The van der Waals surface area contributed by atoms with E-state index in [0.29, 0.717) is 23.0 Å². The van der Waals surface area contributed by atoms with Gasteiger partial charge in [0.1, 0.15) is 16.8 Å². The van der Waals surface area contributed by atoms with Gasteiger partial charge in [0.2, 0.25) is 5.91 Å². The van der Waals surface area contributed by atoms with Gasteiger partial charge in [0, 0.05) is 11.4 Å². The SMILES string of the molecule is COc1cccc(CN(C)CC(=O)Nc2sc3c(c2C#N)CC[C@H](C)C3)c1. The number of ether oxygens (including phenoxy) is 1. The van der Waals surface area contributed by atoms with Crippen LogP contribution in [-0.4, -0.2) is 31.5 Å². The second kappa shape index (κ2) is 8.55. The molecule has 2 aromatic rings. The molecule has 1 aromatic carbocycles. The number of nitrogens with one attached hydrogen (secondary N) is 1. The van der Waals surface area contributed by atoms with Gasteiger partial charge in [0.05, 0.1) is 19.2 Å². The van der Waals surface area contributed by atoms with E-state index in [2.05, 4.69) is 18.3 Å². The van der Waals surface area contributed by atoms with E-state index in [4.69, 9.17) is 4.74 Å². The Bertz CT molecular complexity index is 869. The van der Waals surface area contributed by atoms with Crippen molar-refractivity contribution in [2.24, 2.45) is 5.92 Å². The molecule has 0 unspecified atom stereocenters. The van der Waals surface area contributed by atoms with Crippen molar-refractivity contribution in [2.45, 2.75) is 32.7 Å². The van der Waals surface area contributed by atoms with E-state index in [1.807, 2.05) is 36.2 Å². The first-order valence-corrected chi connectivity index (χ1v) is 9.97. The highest BCUT2D eigenvalue weighted by atomic mass is 32.1. The summed E-state index contributed by atoms with van der Waals surface area (Å²) in [7, 11) is 3.55. The van der Waals surface area contributed by atoms with Gasteiger partial charge in [-0.15, -0.1) is 11.3 Å². The minimum atomic E-state index is -0.0939. The lowest BCUT2D eigenvalue weighted by atomic mass is 9.89. The van der Waals surface area contributed by atoms with Gasteiger partial charge < -0.3 is 10.1 Å². The molecule has 1 atom stereocenters. The zero-order valence-electron chi connectivity index (χ0n) is 16.0. The van der Waals surface area contributed by atoms with Gasteiger partial charge in [-0.1, -0.05) is 19.1 Å². The van der Waals surface area contributed by atoms with Crippen molar-refractivity contribution in [3.63, 3.8) is 0 Å². The van der Waals surface area contributed by atoms with E-state index in [1.54, 1.807) is 18.4 Å². The minimum absolute atomic E-state index is 0.0939. The van der Waals surface area contributed by atoms with Gasteiger partial charge in [0.25, 0.3) is 0 Å². The zero-order chi connectivity index (χ0) is 19.4. The van der Waals surface area contributed by atoms with Crippen molar-refractivity contribution in [1.82, 2.24) is 4.90 Å². The van der Waals surface area contributed by atoms with Crippen LogP contribution in [0.1, 0.15) is 34.9 Å². The molecule has 0 saturated carbocycles. The number of benzene rings is 1. The number of nitriles is 1. The van der Waals surface area contributed by atoms with Crippen LogP contribution in [0.4, 0.5) is 5.00 Å². The van der Waals surface area contributed by atoms with Crippen molar-refractivity contribution < 1.29 is 9.53 Å². The van der Waals surface area contributed by atoms with Crippen LogP contribution < -0.4 is 10.1 Å². The summed E-state index contributed by atoms with van der Waals surface area (Å²) in [5.41, 5.74) is 2.88. The van der Waals surface area contributed by atoms with Crippen molar-refractivity contribution in [3.8, 4) is 11.8 Å². The molecule has 0 saturated heterocycles. The van der Waals surface area contributed by atoms with Crippen molar-refractivity contribution in [3.05, 3.63) is 45.8 Å². The third-order valence-electron chi connectivity index (χ3n) is 4.88. The van der Waals surface area contributed by atoms with Gasteiger partial charge in [-0.3, -0.25) is 9.69 Å². The molecule has 5 nitrogen and oxygen atoms in total. The minimum Gasteiger partial charge on any atom is -0.497 e. The van der Waals surface area contributed by atoms with Crippen LogP contribution in [0.25, 0.3) is 0 Å². The van der Waals surface area contributed by atoms with Crippen LogP contribution in [0.15, 0.2) is 24.3 Å². The first-order valence-electron chi connectivity index (χ1n) is 9.16. The quantitative estimate of drug-likeness (QED) is 0.823. The van der Waals surface area contributed by atoms with E-state index in [9.17, 15) is 10.1 Å². The number of carbonyl (C=O) groups is 1. The summed E-state index contributed by atoms with van der Waals surface area (Å²) < 4.78 is 5.24. The van der Waals surface area contributed by atoms with Crippen molar-refractivity contribution in [2.75, 3.05) is 26.0 Å². The molecule has 1 N–H and O–H groups in total. The molecule has 27 heavy (non-hydrogen) atoms. The van der Waals surface area contributed by atoms with Gasteiger partial charge in [0.15, 0.2) is 0 Å². The topological polar surface area (TPSA) is 65.4 Å². The molecule has 0 aliphatic heterocycles. The van der Waals surface area contributed by atoms with E-state index in [1.165, 1.54) is 4.88 Å². The number of hydrogen-bond acceptors (Lipinski definition) is 5. The summed E-state index contributed by atoms with van der Waals surface area (Å²) in [5.74, 6) is 1.35. The molecular formula is C21H25N3O2S. The number of methoxy groups -OCH3 is 1. The van der Waals surface area contributed by atoms with Crippen LogP contribution in [0.5, 0.6) is 5.75 Å². The predicted molar refractivity (Wildman–Crippen MR) is 108 cm³/mol. The number of thiophene rings is 1. The molecular weight excluding hydrogens is 358 g/mol. The normalized spacial score (nSPS) is 15.9. The molecule has 0 spiro atoms. The maximum Gasteiger partial charge on any atom is 0.239 e. The molecule has 1 aliphatic carbocycles. The molecule has 1 heterocycles. The standard InChI is InChI=1S/C21H25N3O2S/c1-14-7-8-17-18(11-22)21(27-19(17)9-14)23-20(25)13-24(2)12-15-5-4-6-16(10-15)26-3/h4-6,10,14H,7-9,12-13H2,1-3H3,(H,23,25)/t14-/m0/s1. The smallest absolute Gasteiger partial charge is 0.239 e. The molecule has 0 bridgehead atoms. The predicted octanol–water partition coefficient (Wildman–Crippen LogP) is 3.82. The van der Waals surface area contributed by atoms with Crippen LogP contribution in [0.3, 0.4) is 0 Å². The summed E-state index contributed by atoms with van der Waals surface area (Å²) >= 11 is 1.57. The highest BCUT2D eigenvalue weighted by Crippen LogP contribution is 2.39. The molecule has 1 aromatic heterocycles. The fourth-order valence-corrected chi connectivity index (χ4v) is 4.88. The van der Waals surface area contributed by atoms with Gasteiger partial charge in [-0.25, -0.2) is 0 Å². The Balaban J connectivity index is 1.63. The molecule has 1 amide bonds. The maximum atomic E-state index is 12.5. The Kier molecular flexibility index (Phi) is 6.15. The first-order chi connectivity index (χ1) is 13.0. The summed E-state index contributed by atoms with van der Waals surface area (Å²) in [6.45, 7) is 3.15. The lowest BCUT2D eigenvalue weighted by Gasteiger charge is -2.17. The number of fused-ring (bicyclic) bond motifs is 1. The van der Waals surface area contributed by atoms with E-state index >= 15 is 0 Å². The van der Waals surface area contributed by atoms with Crippen LogP contribution in [0.2, 0.25) is 0 Å². The van der Waals surface area contributed by atoms with E-state index < -0.39 is 0 Å². The van der Waals surface area contributed by atoms with Crippen molar-refractivity contribution >= 4 is 22.2 Å². The number of likely N-dealkylation sites (N-methyl/N-ethyl adjacent to an activating group) is 1. The number of amides is 1. The van der Waals surface area contributed by atoms with Crippen LogP contribution >= 0.6 is 11.3 Å².